The standard InChI is InChI=1S/C19H24F3N3O3/c1-11(9-15(26)24-18(23)28)17(27)25-16(12-5-2-3-6-12)13-7-4-8-14(10-13)19(20,21)22/h4,7-8,10-12,16H,2-3,5-6,9H2,1H3,(H,25,27)(H3,23,24,26,28)/t11-,16-/m0/s1. The van der Waals surface area contributed by atoms with Crippen molar-refractivity contribution >= 4 is 17.8 Å². The quantitative estimate of drug-likeness (QED) is 0.684. The molecule has 1 aliphatic carbocycles. The van der Waals surface area contributed by atoms with Gasteiger partial charge in [0.15, 0.2) is 0 Å². The SMILES string of the molecule is C[C@@H](CC(=O)NC(N)=O)C(=O)N[C@H](c1cccc(C(F)(F)F)c1)C1CCCC1. The van der Waals surface area contributed by atoms with Gasteiger partial charge in [0.25, 0.3) is 0 Å². The van der Waals surface area contributed by atoms with Gasteiger partial charge in [0.05, 0.1) is 11.6 Å². The Morgan fingerprint density at radius 2 is 1.86 bits per heavy atom. The van der Waals surface area contributed by atoms with Crippen molar-refractivity contribution in [3.63, 3.8) is 0 Å². The number of halogens is 3. The number of nitrogens with one attached hydrogen (secondary N) is 2. The number of urea groups is 1. The monoisotopic (exact) mass is 399 g/mol. The van der Waals surface area contributed by atoms with E-state index in [0.717, 1.165) is 37.8 Å². The van der Waals surface area contributed by atoms with E-state index in [1.807, 2.05) is 5.32 Å². The molecule has 1 saturated carbocycles. The third kappa shape index (κ3) is 5.97. The Kier molecular flexibility index (Phi) is 7.04. The highest BCUT2D eigenvalue weighted by molar-refractivity contribution is 5.95. The van der Waals surface area contributed by atoms with Gasteiger partial charge in [-0.05, 0) is 36.5 Å². The van der Waals surface area contributed by atoms with Gasteiger partial charge in [0.1, 0.15) is 0 Å². The Balaban J connectivity index is 2.17. The molecule has 0 spiro atoms. The van der Waals surface area contributed by atoms with E-state index in [4.69, 9.17) is 5.73 Å². The molecule has 28 heavy (non-hydrogen) atoms. The zero-order valence-corrected chi connectivity index (χ0v) is 15.5. The molecule has 1 fully saturated rings. The van der Waals surface area contributed by atoms with Crippen molar-refractivity contribution in [2.45, 2.75) is 51.2 Å². The summed E-state index contributed by atoms with van der Waals surface area (Å²) in [5, 5.41) is 4.70. The largest absolute Gasteiger partial charge is 0.416 e. The lowest BCUT2D eigenvalue weighted by molar-refractivity contribution is -0.137. The van der Waals surface area contributed by atoms with Crippen LogP contribution in [0.3, 0.4) is 0 Å². The summed E-state index contributed by atoms with van der Waals surface area (Å²) in [4.78, 5) is 34.9. The minimum atomic E-state index is -4.47. The number of benzene rings is 1. The summed E-state index contributed by atoms with van der Waals surface area (Å²) in [5.74, 6) is -1.89. The molecular formula is C19H24F3N3O3. The predicted molar refractivity (Wildman–Crippen MR) is 95.8 cm³/mol. The first kappa shape index (κ1) is 21.7. The zero-order valence-electron chi connectivity index (χ0n) is 15.5. The van der Waals surface area contributed by atoms with Gasteiger partial charge in [-0.25, -0.2) is 4.79 Å². The third-order valence-electron chi connectivity index (χ3n) is 4.94. The Hall–Kier alpha value is -2.58. The van der Waals surface area contributed by atoms with E-state index in [-0.39, 0.29) is 12.3 Å². The van der Waals surface area contributed by atoms with Crippen LogP contribution in [-0.4, -0.2) is 17.8 Å². The molecule has 2 atom stereocenters. The van der Waals surface area contributed by atoms with Gasteiger partial charge in [0.2, 0.25) is 11.8 Å². The fourth-order valence-corrected chi connectivity index (χ4v) is 3.53. The number of amides is 4. The van der Waals surface area contributed by atoms with Crippen LogP contribution in [0.5, 0.6) is 0 Å². The summed E-state index contributed by atoms with van der Waals surface area (Å²) in [7, 11) is 0. The van der Waals surface area contributed by atoms with Crippen LogP contribution in [0.25, 0.3) is 0 Å². The van der Waals surface area contributed by atoms with Gasteiger partial charge in [-0.3, -0.25) is 14.9 Å². The summed E-state index contributed by atoms with van der Waals surface area (Å²) in [6, 6.07) is 3.38. The molecule has 0 bridgehead atoms. The van der Waals surface area contributed by atoms with Crippen molar-refractivity contribution in [2.24, 2.45) is 17.6 Å². The van der Waals surface area contributed by atoms with Crippen molar-refractivity contribution in [3.8, 4) is 0 Å². The highest BCUT2D eigenvalue weighted by Crippen LogP contribution is 2.38. The lowest BCUT2D eigenvalue weighted by Gasteiger charge is -2.27. The lowest BCUT2D eigenvalue weighted by Crippen LogP contribution is -2.40. The van der Waals surface area contributed by atoms with E-state index in [2.05, 4.69) is 5.32 Å². The summed E-state index contributed by atoms with van der Waals surface area (Å²) < 4.78 is 39.2. The molecule has 0 heterocycles. The van der Waals surface area contributed by atoms with Crippen LogP contribution in [0, 0.1) is 11.8 Å². The summed E-state index contributed by atoms with van der Waals surface area (Å²) in [6.45, 7) is 1.51. The van der Waals surface area contributed by atoms with Crippen LogP contribution in [0.15, 0.2) is 24.3 Å². The van der Waals surface area contributed by atoms with E-state index in [1.165, 1.54) is 13.0 Å². The molecule has 0 unspecified atom stereocenters. The number of hydrogen-bond donors (Lipinski definition) is 3. The number of hydrogen-bond acceptors (Lipinski definition) is 3. The summed E-state index contributed by atoms with van der Waals surface area (Å²) in [6.07, 6.45) is -1.22. The zero-order chi connectivity index (χ0) is 20.9. The number of primary amides is 1. The molecule has 0 saturated heterocycles. The van der Waals surface area contributed by atoms with Gasteiger partial charge in [-0.15, -0.1) is 0 Å². The number of nitrogens with two attached hydrogens (primary N) is 1. The van der Waals surface area contributed by atoms with E-state index >= 15 is 0 Å². The fourth-order valence-electron chi connectivity index (χ4n) is 3.53. The fraction of sp³-hybridized carbons (Fsp3) is 0.526. The smallest absolute Gasteiger partial charge is 0.351 e. The van der Waals surface area contributed by atoms with Gasteiger partial charge in [-0.1, -0.05) is 31.9 Å². The molecule has 1 aromatic carbocycles. The maximum atomic E-state index is 13.1. The molecule has 4 amide bonds. The molecule has 9 heteroatoms. The molecule has 4 N–H and O–H groups in total. The first-order valence-corrected chi connectivity index (χ1v) is 9.14. The minimum absolute atomic E-state index is 0.0269. The Labute approximate surface area is 161 Å². The average molecular weight is 399 g/mol. The number of imide groups is 1. The topological polar surface area (TPSA) is 101 Å². The number of alkyl halides is 3. The van der Waals surface area contributed by atoms with Crippen molar-refractivity contribution in [1.82, 2.24) is 10.6 Å². The second-order valence-corrected chi connectivity index (χ2v) is 7.17. The molecule has 2 rings (SSSR count). The van der Waals surface area contributed by atoms with Crippen molar-refractivity contribution in [3.05, 3.63) is 35.4 Å². The van der Waals surface area contributed by atoms with E-state index < -0.39 is 41.5 Å². The molecule has 1 aliphatic rings. The Morgan fingerprint density at radius 3 is 2.43 bits per heavy atom. The van der Waals surface area contributed by atoms with E-state index in [1.54, 1.807) is 6.07 Å². The average Bonchev–Trinajstić information content (AvgIpc) is 3.12. The summed E-state index contributed by atoms with van der Waals surface area (Å²) in [5.41, 5.74) is 4.50. The van der Waals surface area contributed by atoms with E-state index in [0.29, 0.717) is 5.56 Å². The van der Waals surface area contributed by atoms with E-state index in [9.17, 15) is 27.6 Å². The second-order valence-electron chi connectivity index (χ2n) is 7.17. The number of rotatable bonds is 6. The van der Waals surface area contributed by atoms with Crippen LogP contribution in [0.2, 0.25) is 0 Å². The van der Waals surface area contributed by atoms with Gasteiger partial charge in [0, 0.05) is 12.3 Å². The van der Waals surface area contributed by atoms with Crippen molar-refractivity contribution < 1.29 is 27.6 Å². The normalized spacial score (nSPS) is 17.0. The molecule has 0 aliphatic heterocycles. The van der Waals surface area contributed by atoms with Crippen LogP contribution in [0.1, 0.15) is 56.2 Å². The maximum Gasteiger partial charge on any atom is 0.416 e. The number of carbonyl (C=O) groups is 3. The maximum absolute atomic E-state index is 13.1. The Bertz CT molecular complexity index is 731. The highest BCUT2D eigenvalue weighted by Gasteiger charge is 2.34. The van der Waals surface area contributed by atoms with Crippen LogP contribution < -0.4 is 16.4 Å². The third-order valence-corrected chi connectivity index (χ3v) is 4.94. The Morgan fingerprint density at radius 1 is 1.21 bits per heavy atom. The van der Waals surface area contributed by atoms with Crippen LogP contribution >= 0.6 is 0 Å². The van der Waals surface area contributed by atoms with Crippen LogP contribution in [-0.2, 0) is 15.8 Å². The highest BCUT2D eigenvalue weighted by atomic mass is 19.4. The van der Waals surface area contributed by atoms with Crippen LogP contribution in [0.4, 0.5) is 18.0 Å². The first-order chi connectivity index (χ1) is 13.1. The molecule has 154 valence electrons. The molecule has 0 radical (unpaired) electrons. The second kappa shape index (κ2) is 9.07. The molecule has 0 aromatic heterocycles. The van der Waals surface area contributed by atoms with Gasteiger partial charge >= 0.3 is 12.2 Å². The molecule has 6 nitrogen and oxygen atoms in total. The van der Waals surface area contributed by atoms with Gasteiger partial charge in [-0.2, -0.15) is 13.2 Å². The van der Waals surface area contributed by atoms with Gasteiger partial charge < -0.3 is 11.1 Å². The number of carbonyl (C=O) groups excluding carboxylic acids is 3. The van der Waals surface area contributed by atoms with Crippen molar-refractivity contribution in [1.29, 1.82) is 0 Å². The summed E-state index contributed by atoms with van der Waals surface area (Å²) >= 11 is 0. The lowest BCUT2D eigenvalue weighted by atomic mass is 9.90. The van der Waals surface area contributed by atoms with Crippen molar-refractivity contribution in [2.75, 3.05) is 0 Å². The predicted octanol–water partition coefficient (Wildman–Crippen LogP) is 3.27. The first-order valence-electron chi connectivity index (χ1n) is 9.14. The minimum Gasteiger partial charge on any atom is -0.351 e. The molecular weight excluding hydrogens is 375 g/mol. The molecule has 1 aromatic rings.